The van der Waals surface area contributed by atoms with Crippen molar-refractivity contribution in [3.8, 4) is 0 Å². The van der Waals surface area contributed by atoms with Crippen molar-refractivity contribution in [1.82, 2.24) is 5.32 Å². The second-order valence-corrected chi connectivity index (χ2v) is 3.50. The van der Waals surface area contributed by atoms with Crippen LogP contribution in [0.1, 0.15) is 33.1 Å². The van der Waals surface area contributed by atoms with Crippen LogP contribution in [-0.2, 0) is 14.3 Å². The van der Waals surface area contributed by atoms with Gasteiger partial charge in [-0.3, -0.25) is 4.79 Å². The highest BCUT2D eigenvalue weighted by Crippen LogP contribution is 1.98. The van der Waals surface area contributed by atoms with Crippen molar-refractivity contribution in [3.05, 3.63) is 0 Å². The second kappa shape index (κ2) is 8.23. The van der Waals surface area contributed by atoms with Gasteiger partial charge in [0.25, 0.3) is 0 Å². The molecule has 0 fully saturated rings. The minimum atomic E-state index is -1.07. The standard InChI is InChI=1S/C10H19NO4/c1-3-4-5-8(2)11-9(12)6-15-7-10(13)14/h8H,3-7H2,1-2H3,(H,11,12)(H,13,14). The number of hydrogen-bond acceptors (Lipinski definition) is 3. The Morgan fingerprint density at radius 2 is 2.07 bits per heavy atom. The molecule has 0 saturated heterocycles. The van der Waals surface area contributed by atoms with E-state index >= 15 is 0 Å². The van der Waals surface area contributed by atoms with Gasteiger partial charge in [0.2, 0.25) is 5.91 Å². The fourth-order valence-electron chi connectivity index (χ4n) is 1.13. The first kappa shape index (κ1) is 13.9. The molecule has 5 nitrogen and oxygen atoms in total. The van der Waals surface area contributed by atoms with E-state index in [1.807, 2.05) is 6.92 Å². The molecule has 0 radical (unpaired) electrons. The number of hydrogen-bond donors (Lipinski definition) is 2. The molecule has 0 rings (SSSR count). The maximum absolute atomic E-state index is 11.2. The fourth-order valence-corrected chi connectivity index (χ4v) is 1.13. The predicted molar refractivity (Wildman–Crippen MR) is 55.6 cm³/mol. The lowest BCUT2D eigenvalue weighted by Crippen LogP contribution is -2.35. The van der Waals surface area contributed by atoms with Crippen LogP contribution in [0.2, 0.25) is 0 Å². The molecule has 1 unspecified atom stereocenters. The monoisotopic (exact) mass is 217 g/mol. The molecule has 0 aliphatic carbocycles. The van der Waals surface area contributed by atoms with Crippen molar-refractivity contribution < 1.29 is 19.4 Å². The van der Waals surface area contributed by atoms with Crippen LogP contribution < -0.4 is 5.32 Å². The van der Waals surface area contributed by atoms with Crippen LogP contribution in [0.4, 0.5) is 0 Å². The van der Waals surface area contributed by atoms with Crippen LogP contribution in [-0.4, -0.2) is 36.2 Å². The largest absolute Gasteiger partial charge is 0.480 e. The SMILES string of the molecule is CCCCC(C)NC(=O)COCC(=O)O. The molecule has 0 aliphatic heterocycles. The van der Waals surface area contributed by atoms with Gasteiger partial charge in [-0.25, -0.2) is 4.79 Å². The van der Waals surface area contributed by atoms with Crippen molar-refractivity contribution in [2.75, 3.05) is 13.2 Å². The number of ether oxygens (including phenoxy) is 1. The lowest BCUT2D eigenvalue weighted by molar-refractivity contribution is -0.143. The van der Waals surface area contributed by atoms with Crippen LogP contribution in [0.5, 0.6) is 0 Å². The molecule has 0 saturated carbocycles. The first-order valence-corrected chi connectivity index (χ1v) is 5.15. The topological polar surface area (TPSA) is 75.6 Å². The van der Waals surface area contributed by atoms with E-state index in [0.29, 0.717) is 0 Å². The van der Waals surface area contributed by atoms with E-state index in [9.17, 15) is 9.59 Å². The average Bonchev–Trinajstić information content (AvgIpc) is 2.14. The van der Waals surface area contributed by atoms with Gasteiger partial charge in [-0.15, -0.1) is 0 Å². The Morgan fingerprint density at radius 3 is 2.60 bits per heavy atom. The molecule has 2 N–H and O–H groups in total. The molecule has 0 aromatic carbocycles. The van der Waals surface area contributed by atoms with Gasteiger partial charge in [0.1, 0.15) is 13.2 Å². The molecule has 0 aromatic heterocycles. The number of carboxylic acids is 1. The summed E-state index contributed by atoms with van der Waals surface area (Å²) in [5.41, 5.74) is 0. The smallest absolute Gasteiger partial charge is 0.329 e. The number of amides is 1. The minimum absolute atomic E-state index is 0.117. The van der Waals surface area contributed by atoms with E-state index in [-0.39, 0.29) is 18.6 Å². The molecule has 5 heteroatoms. The maximum atomic E-state index is 11.2. The molecule has 0 bridgehead atoms. The summed E-state index contributed by atoms with van der Waals surface area (Å²) in [6.07, 6.45) is 3.09. The zero-order valence-corrected chi connectivity index (χ0v) is 9.28. The zero-order valence-electron chi connectivity index (χ0n) is 9.28. The van der Waals surface area contributed by atoms with E-state index in [1.165, 1.54) is 0 Å². The maximum Gasteiger partial charge on any atom is 0.329 e. The number of aliphatic carboxylic acids is 1. The molecular weight excluding hydrogens is 198 g/mol. The van der Waals surface area contributed by atoms with E-state index in [1.54, 1.807) is 0 Å². The van der Waals surface area contributed by atoms with Gasteiger partial charge >= 0.3 is 5.97 Å². The number of unbranched alkanes of at least 4 members (excludes halogenated alkanes) is 1. The molecule has 15 heavy (non-hydrogen) atoms. The first-order chi connectivity index (χ1) is 7.06. The summed E-state index contributed by atoms with van der Waals surface area (Å²) in [6.45, 7) is 3.38. The van der Waals surface area contributed by atoms with Gasteiger partial charge in [-0.2, -0.15) is 0 Å². The highest BCUT2D eigenvalue weighted by atomic mass is 16.5. The number of rotatable bonds is 8. The van der Waals surface area contributed by atoms with Gasteiger partial charge in [-0.1, -0.05) is 19.8 Å². The van der Waals surface area contributed by atoms with Gasteiger partial charge < -0.3 is 15.2 Å². The van der Waals surface area contributed by atoms with Crippen LogP contribution in [0.25, 0.3) is 0 Å². The minimum Gasteiger partial charge on any atom is -0.480 e. The van der Waals surface area contributed by atoms with Crippen molar-refractivity contribution in [3.63, 3.8) is 0 Å². The summed E-state index contributed by atoms with van der Waals surface area (Å²) >= 11 is 0. The average molecular weight is 217 g/mol. The highest BCUT2D eigenvalue weighted by molar-refractivity contribution is 5.78. The van der Waals surface area contributed by atoms with E-state index in [0.717, 1.165) is 19.3 Å². The summed E-state index contributed by atoms with van der Waals surface area (Å²) in [5.74, 6) is -1.33. The van der Waals surface area contributed by atoms with E-state index in [4.69, 9.17) is 5.11 Å². The summed E-state index contributed by atoms with van der Waals surface area (Å²) < 4.78 is 4.65. The molecule has 1 amide bonds. The van der Waals surface area contributed by atoms with Crippen molar-refractivity contribution in [1.29, 1.82) is 0 Å². The molecule has 88 valence electrons. The lowest BCUT2D eigenvalue weighted by Gasteiger charge is -2.12. The van der Waals surface area contributed by atoms with E-state index in [2.05, 4.69) is 17.0 Å². The molecule has 0 heterocycles. The molecular formula is C10H19NO4. The third-order valence-electron chi connectivity index (χ3n) is 1.86. The third kappa shape index (κ3) is 9.21. The first-order valence-electron chi connectivity index (χ1n) is 5.15. The Morgan fingerprint density at radius 1 is 1.40 bits per heavy atom. The Balaban J connectivity index is 3.50. The predicted octanol–water partition coefficient (Wildman–Crippen LogP) is 0.782. The summed E-state index contributed by atoms with van der Waals surface area (Å²) in [7, 11) is 0. The normalized spacial score (nSPS) is 12.1. The zero-order chi connectivity index (χ0) is 11.7. The Bertz CT molecular complexity index is 206. The second-order valence-electron chi connectivity index (χ2n) is 3.50. The number of nitrogens with one attached hydrogen (secondary N) is 1. The third-order valence-corrected chi connectivity index (χ3v) is 1.86. The van der Waals surface area contributed by atoms with Gasteiger partial charge in [-0.05, 0) is 13.3 Å². The van der Waals surface area contributed by atoms with Crippen LogP contribution >= 0.6 is 0 Å². The molecule has 0 spiro atoms. The highest BCUT2D eigenvalue weighted by Gasteiger charge is 2.07. The van der Waals surface area contributed by atoms with Crippen molar-refractivity contribution in [2.24, 2.45) is 0 Å². The van der Waals surface area contributed by atoms with Crippen LogP contribution in [0, 0.1) is 0 Å². The number of carbonyl (C=O) groups excluding carboxylic acids is 1. The number of carbonyl (C=O) groups is 2. The van der Waals surface area contributed by atoms with E-state index < -0.39 is 12.6 Å². The molecule has 0 aliphatic rings. The van der Waals surface area contributed by atoms with Crippen LogP contribution in [0.15, 0.2) is 0 Å². The number of carboxylic acid groups (broad SMARTS) is 1. The molecule has 0 aromatic rings. The Labute approximate surface area is 89.8 Å². The van der Waals surface area contributed by atoms with Crippen molar-refractivity contribution in [2.45, 2.75) is 39.2 Å². The van der Waals surface area contributed by atoms with Crippen LogP contribution in [0.3, 0.4) is 0 Å². The van der Waals surface area contributed by atoms with Gasteiger partial charge in [0, 0.05) is 6.04 Å². The summed E-state index contributed by atoms with van der Waals surface area (Å²) in [6, 6.07) is 0.117. The quantitative estimate of drug-likeness (QED) is 0.630. The van der Waals surface area contributed by atoms with Crippen molar-refractivity contribution >= 4 is 11.9 Å². The summed E-state index contributed by atoms with van der Waals surface area (Å²) in [5, 5.41) is 11.0. The Hall–Kier alpha value is -1.10. The summed E-state index contributed by atoms with van der Waals surface area (Å²) in [4.78, 5) is 21.3. The molecule has 1 atom stereocenters. The lowest BCUT2D eigenvalue weighted by atomic mass is 10.1. The Kier molecular flexibility index (Phi) is 7.62. The van der Waals surface area contributed by atoms with Gasteiger partial charge in [0.15, 0.2) is 0 Å². The van der Waals surface area contributed by atoms with Gasteiger partial charge in [0.05, 0.1) is 0 Å². The fraction of sp³-hybridized carbons (Fsp3) is 0.800.